The number of nitrogens with zero attached hydrogens (tertiary/aromatic N) is 3. The first-order valence-electron chi connectivity index (χ1n) is 7.77. The van der Waals surface area contributed by atoms with Gasteiger partial charge in [-0.05, 0) is 31.5 Å². The maximum Gasteiger partial charge on any atom is 0.317 e. The number of carboxylic acids is 1. The molecule has 1 amide bonds. The lowest BCUT2D eigenvalue weighted by Crippen LogP contribution is -2.54. The third kappa shape index (κ3) is 3.19. The SMILES string of the molecule is CCN(CC(=O)O)C1CC(NC(=O)c2cnn3ccccc23)C1. The number of hydrogen-bond donors (Lipinski definition) is 2. The van der Waals surface area contributed by atoms with Crippen LogP contribution in [0.25, 0.3) is 5.52 Å². The highest BCUT2D eigenvalue weighted by Gasteiger charge is 2.35. The van der Waals surface area contributed by atoms with Gasteiger partial charge in [-0.2, -0.15) is 5.10 Å². The summed E-state index contributed by atoms with van der Waals surface area (Å²) < 4.78 is 1.67. The van der Waals surface area contributed by atoms with Crippen molar-refractivity contribution in [3.05, 3.63) is 36.2 Å². The van der Waals surface area contributed by atoms with E-state index in [0.717, 1.165) is 18.4 Å². The molecular formula is C16H20N4O3. The molecule has 1 aliphatic carbocycles. The molecule has 7 heteroatoms. The highest BCUT2D eigenvalue weighted by Crippen LogP contribution is 2.26. The number of amides is 1. The average molecular weight is 316 g/mol. The lowest BCUT2D eigenvalue weighted by atomic mass is 9.85. The van der Waals surface area contributed by atoms with E-state index >= 15 is 0 Å². The smallest absolute Gasteiger partial charge is 0.317 e. The summed E-state index contributed by atoms with van der Waals surface area (Å²) in [6, 6.07) is 5.91. The van der Waals surface area contributed by atoms with Crippen LogP contribution in [0.4, 0.5) is 0 Å². The van der Waals surface area contributed by atoms with Crippen molar-refractivity contribution < 1.29 is 14.7 Å². The summed E-state index contributed by atoms with van der Waals surface area (Å²) in [5, 5.41) is 16.1. The molecule has 7 nitrogen and oxygen atoms in total. The Morgan fingerprint density at radius 3 is 2.91 bits per heavy atom. The summed E-state index contributed by atoms with van der Waals surface area (Å²) in [4.78, 5) is 25.1. The van der Waals surface area contributed by atoms with E-state index in [-0.39, 0.29) is 24.5 Å². The number of likely N-dealkylation sites (N-methyl/N-ethyl adjacent to an activating group) is 1. The van der Waals surface area contributed by atoms with Gasteiger partial charge in [-0.1, -0.05) is 13.0 Å². The van der Waals surface area contributed by atoms with Crippen molar-refractivity contribution >= 4 is 17.4 Å². The molecule has 0 radical (unpaired) electrons. The number of aromatic nitrogens is 2. The number of carbonyl (C=O) groups is 2. The van der Waals surface area contributed by atoms with E-state index in [9.17, 15) is 9.59 Å². The Balaban J connectivity index is 1.57. The molecule has 1 saturated carbocycles. The monoisotopic (exact) mass is 316 g/mol. The van der Waals surface area contributed by atoms with Gasteiger partial charge in [0.2, 0.25) is 0 Å². The van der Waals surface area contributed by atoms with Crippen LogP contribution in [0.15, 0.2) is 30.6 Å². The van der Waals surface area contributed by atoms with Gasteiger partial charge in [0, 0.05) is 18.3 Å². The van der Waals surface area contributed by atoms with E-state index in [1.54, 1.807) is 16.9 Å². The highest BCUT2D eigenvalue weighted by molar-refractivity contribution is 6.00. The Bertz CT molecular complexity index is 721. The number of carbonyl (C=O) groups excluding carboxylic acids is 1. The number of carboxylic acid groups (broad SMARTS) is 1. The molecule has 3 rings (SSSR count). The quantitative estimate of drug-likeness (QED) is 0.830. The van der Waals surface area contributed by atoms with Crippen LogP contribution in [0.1, 0.15) is 30.1 Å². The Hall–Kier alpha value is -2.41. The zero-order chi connectivity index (χ0) is 16.4. The zero-order valence-electron chi connectivity index (χ0n) is 13.0. The minimum atomic E-state index is -0.814. The molecule has 2 aromatic rings. The Kier molecular flexibility index (Phi) is 4.29. The predicted octanol–water partition coefficient (Wildman–Crippen LogP) is 1.00. The first kappa shape index (κ1) is 15.5. The number of aliphatic carboxylic acids is 1. The number of pyridine rings is 1. The second-order valence-electron chi connectivity index (χ2n) is 5.84. The van der Waals surface area contributed by atoms with Crippen molar-refractivity contribution in [2.45, 2.75) is 31.8 Å². The molecule has 2 aromatic heterocycles. The van der Waals surface area contributed by atoms with Crippen LogP contribution < -0.4 is 5.32 Å². The number of rotatable bonds is 6. The molecule has 0 aromatic carbocycles. The number of nitrogens with one attached hydrogen (secondary N) is 1. The highest BCUT2D eigenvalue weighted by atomic mass is 16.4. The van der Waals surface area contributed by atoms with E-state index in [2.05, 4.69) is 10.4 Å². The van der Waals surface area contributed by atoms with Crippen molar-refractivity contribution in [1.82, 2.24) is 19.8 Å². The summed E-state index contributed by atoms with van der Waals surface area (Å²) in [5.74, 6) is -0.943. The van der Waals surface area contributed by atoms with Crippen LogP contribution in [-0.4, -0.2) is 56.7 Å². The molecule has 0 unspecified atom stereocenters. The lowest BCUT2D eigenvalue weighted by molar-refractivity contribution is -0.139. The van der Waals surface area contributed by atoms with Crippen LogP contribution in [-0.2, 0) is 4.79 Å². The van der Waals surface area contributed by atoms with E-state index in [1.807, 2.05) is 30.0 Å². The van der Waals surface area contributed by atoms with E-state index in [0.29, 0.717) is 12.1 Å². The standard InChI is InChI=1S/C16H20N4O3/c1-2-19(10-15(21)22)12-7-11(8-12)18-16(23)13-9-17-20-6-4-3-5-14(13)20/h3-6,9,11-12H,2,7-8,10H2,1H3,(H,18,23)(H,21,22). The number of fused-ring (bicyclic) bond motifs is 1. The molecule has 0 aliphatic heterocycles. The van der Waals surface area contributed by atoms with Crippen LogP contribution in [0.2, 0.25) is 0 Å². The largest absolute Gasteiger partial charge is 0.480 e. The normalized spacial score (nSPS) is 20.4. The van der Waals surface area contributed by atoms with Gasteiger partial charge in [0.1, 0.15) is 0 Å². The van der Waals surface area contributed by atoms with Gasteiger partial charge >= 0.3 is 5.97 Å². The van der Waals surface area contributed by atoms with Crippen molar-refractivity contribution in [1.29, 1.82) is 0 Å². The molecule has 0 bridgehead atoms. The lowest BCUT2D eigenvalue weighted by Gasteiger charge is -2.42. The van der Waals surface area contributed by atoms with E-state index in [4.69, 9.17) is 5.11 Å². The summed E-state index contributed by atoms with van der Waals surface area (Å²) in [7, 11) is 0. The fourth-order valence-corrected chi connectivity index (χ4v) is 3.05. The van der Waals surface area contributed by atoms with Crippen molar-refractivity contribution in [2.24, 2.45) is 0 Å². The van der Waals surface area contributed by atoms with Crippen molar-refractivity contribution in [3.63, 3.8) is 0 Å². The van der Waals surface area contributed by atoms with E-state index in [1.165, 1.54) is 0 Å². The van der Waals surface area contributed by atoms with Gasteiger partial charge in [0.15, 0.2) is 0 Å². The second-order valence-corrected chi connectivity index (χ2v) is 5.84. The van der Waals surface area contributed by atoms with Crippen LogP contribution >= 0.6 is 0 Å². The molecule has 0 atom stereocenters. The zero-order valence-corrected chi connectivity index (χ0v) is 13.0. The predicted molar refractivity (Wildman–Crippen MR) is 84.4 cm³/mol. The Labute approximate surface area is 133 Å². The van der Waals surface area contributed by atoms with Gasteiger partial charge in [-0.15, -0.1) is 0 Å². The molecule has 1 fully saturated rings. The van der Waals surface area contributed by atoms with Gasteiger partial charge in [-0.25, -0.2) is 4.52 Å². The third-order valence-electron chi connectivity index (χ3n) is 4.38. The number of hydrogen-bond acceptors (Lipinski definition) is 4. The summed E-state index contributed by atoms with van der Waals surface area (Å²) in [6.07, 6.45) is 4.94. The average Bonchev–Trinajstić information content (AvgIpc) is 2.92. The van der Waals surface area contributed by atoms with Crippen LogP contribution in [0.5, 0.6) is 0 Å². The van der Waals surface area contributed by atoms with Crippen molar-refractivity contribution in [3.8, 4) is 0 Å². The van der Waals surface area contributed by atoms with Gasteiger partial charge in [-0.3, -0.25) is 14.5 Å². The topological polar surface area (TPSA) is 86.9 Å². The molecule has 2 heterocycles. The summed E-state index contributed by atoms with van der Waals surface area (Å²) in [6.45, 7) is 2.70. The third-order valence-corrected chi connectivity index (χ3v) is 4.38. The molecule has 0 spiro atoms. The fourth-order valence-electron chi connectivity index (χ4n) is 3.05. The minimum absolute atomic E-state index is 0.0515. The molecule has 122 valence electrons. The first-order valence-corrected chi connectivity index (χ1v) is 7.77. The van der Waals surface area contributed by atoms with Gasteiger partial charge < -0.3 is 10.4 Å². The Morgan fingerprint density at radius 2 is 2.22 bits per heavy atom. The fraction of sp³-hybridized carbons (Fsp3) is 0.438. The van der Waals surface area contributed by atoms with Crippen molar-refractivity contribution in [2.75, 3.05) is 13.1 Å². The van der Waals surface area contributed by atoms with Gasteiger partial charge in [0.05, 0.1) is 23.8 Å². The molecule has 0 saturated heterocycles. The first-order chi connectivity index (χ1) is 11.1. The van der Waals surface area contributed by atoms with Gasteiger partial charge in [0.25, 0.3) is 5.91 Å². The summed E-state index contributed by atoms with van der Waals surface area (Å²) >= 11 is 0. The maximum atomic E-state index is 12.4. The second kappa shape index (κ2) is 6.37. The van der Waals surface area contributed by atoms with Crippen LogP contribution in [0, 0.1) is 0 Å². The molecule has 1 aliphatic rings. The maximum absolute atomic E-state index is 12.4. The van der Waals surface area contributed by atoms with E-state index < -0.39 is 5.97 Å². The summed E-state index contributed by atoms with van der Waals surface area (Å²) in [5.41, 5.74) is 1.34. The molecular weight excluding hydrogens is 296 g/mol. The Morgan fingerprint density at radius 1 is 1.43 bits per heavy atom. The molecule has 2 N–H and O–H groups in total. The van der Waals surface area contributed by atoms with Crippen LogP contribution in [0.3, 0.4) is 0 Å². The molecule has 23 heavy (non-hydrogen) atoms. The minimum Gasteiger partial charge on any atom is -0.480 e.